The van der Waals surface area contributed by atoms with Crippen molar-refractivity contribution >= 4 is 11.9 Å². The van der Waals surface area contributed by atoms with Crippen LogP contribution in [0.2, 0.25) is 0 Å². The fourth-order valence-electron chi connectivity index (χ4n) is 4.50. The molecule has 232 valence electrons. The van der Waals surface area contributed by atoms with E-state index in [0.717, 1.165) is 42.3 Å². The van der Waals surface area contributed by atoms with Gasteiger partial charge in [0.2, 0.25) is 0 Å². The van der Waals surface area contributed by atoms with Crippen molar-refractivity contribution in [3.8, 4) is 0 Å². The van der Waals surface area contributed by atoms with Gasteiger partial charge < -0.3 is 10.2 Å². The number of benzene rings is 1. The summed E-state index contributed by atoms with van der Waals surface area (Å²) in [4.78, 5) is 49.8. The molecule has 2 aromatic heterocycles. The highest BCUT2D eigenvalue weighted by Gasteiger charge is 2.43. The van der Waals surface area contributed by atoms with Crippen LogP contribution in [-0.2, 0) is 29.2 Å². The van der Waals surface area contributed by atoms with Gasteiger partial charge in [-0.25, -0.2) is 14.3 Å². The van der Waals surface area contributed by atoms with E-state index in [-0.39, 0.29) is 5.92 Å². The first-order valence-electron chi connectivity index (χ1n) is 12.5. The van der Waals surface area contributed by atoms with Crippen molar-refractivity contribution in [3.05, 3.63) is 92.0 Å². The molecular formula is C26H25F6N5O6. The number of halogens is 6. The number of carbonyl (C=O) groups is 2. The average molecular weight is 618 g/mol. The Balaban J connectivity index is 0.000000303. The quantitative estimate of drug-likeness (QED) is 0.333. The van der Waals surface area contributed by atoms with Crippen molar-refractivity contribution < 1.29 is 46.1 Å². The second-order valence-corrected chi connectivity index (χ2v) is 9.71. The second kappa shape index (κ2) is 13.2. The number of aromatic nitrogens is 4. The molecule has 4 heterocycles. The molecule has 2 atom stereocenters. The third-order valence-corrected chi connectivity index (χ3v) is 6.48. The Hall–Kier alpha value is -4.54. The van der Waals surface area contributed by atoms with E-state index in [9.17, 15) is 35.9 Å². The Labute approximate surface area is 238 Å². The van der Waals surface area contributed by atoms with Gasteiger partial charge in [0, 0.05) is 44.2 Å². The number of alkyl halides is 6. The van der Waals surface area contributed by atoms with E-state index in [0.29, 0.717) is 19.0 Å². The van der Waals surface area contributed by atoms with Crippen LogP contribution in [0.5, 0.6) is 0 Å². The molecule has 0 saturated carbocycles. The number of nitrogens with zero attached hydrogens (tertiary/aromatic N) is 5. The van der Waals surface area contributed by atoms with Gasteiger partial charge in [0.15, 0.2) is 0 Å². The molecule has 1 saturated heterocycles. The van der Waals surface area contributed by atoms with Crippen LogP contribution in [0.25, 0.3) is 0 Å². The van der Waals surface area contributed by atoms with E-state index < -0.39 is 35.4 Å². The summed E-state index contributed by atoms with van der Waals surface area (Å²) < 4.78 is 66.4. The predicted octanol–water partition coefficient (Wildman–Crippen LogP) is 2.65. The second-order valence-electron chi connectivity index (χ2n) is 9.71. The van der Waals surface area contributed by atoms with Gasteiger partial charge in [-0.1, -0.05) is 35.9 Å². The molecular weight excluding hydrogens is 592 g/mol. The lowest BCUT2D eigenvalue weighted by Gasteiger charge is -2.17. The molecule has 2 unspecified atom stereocenters. The number of likely N-dealkylation sites (tertiary alicyclic amines) is 1. The topological polar surface area (TPSA) is 148 Å². The molecule has 1 fully saturated rings. The molecule has 0 amide bonds. The third-order valence-electron chi connectivity index (χ3n) is 6.48. The molecule has 43 heavy (non-hydrogen) atoms. The number of aryl methyl sites for hydroxylation is 1. The first-order valence-corrected chi connectivity index (χ1v) is 12.5. The Kier molecular flexibility index (Phi) is 10.1. The number of hydrogen-bond acceptors (Lipinski definition) is 7. The lowest BCUT2D eigenvalue weighted by molar-refractivity contribution is -0.193. The van der Waals surface area contributed by atoms with Crippen molar-refractivity contribution in [2.75, 3.05) is 13.1 Å². The highest BCUT2D eigenvalue weighted by molar-refractivity contribution is 5.73. The molecule has 0 bridgehead atoms. The normalized spacial score (nSPS) is 17.6. The lowest BCUT2D eigenvalue weighted by Crippen LogP contribution is -2.44. The average Bonchev–Trinajstić information content (AvgIpc) is 3.46. The van der Waals surface area contributed by atoms with Crippen LogP contribution in [0, 0.1) is 12.8 Å². The minimum atomic E-state index is -5.08. The molecule has 5 rings (SSSR count). The van der Waals surface area contributed by atoms with Crippen LogP contribution in [0.4, 0.5) is 26.3 Å². The van der Waals surface area contributed by atoms with Crippen molar-refractivity contribution in [2.45, 2.75) is 44.8 Å². The SMILES string of the molecule is Cc1ccc(Cn2nc3n(c(=O)c2=O)CC2CN(Cc4ccccn4)CC32)cc1.O=C(O)C(F)(F)F.O=C(O)C(F)(F)F. The summed E-state index contributed by atoms with van der Waals surface area (Å²) in [5, 5.41) is 18.9. The van der Waals surface area contributed by atoms with Crippen molar-refractivity contribution in [3.63, 3.8) is 0 Å². The minimum Gasteiger partial charge on any atom is -0.475 e. The van der Waals surface area contributed by atoms with Gasteiger partial charge in [0.1, 0.15) is 5.82 Å². The molecule has 17 heteroatoms. The van der Waals surface area contributed by atoms with E-state index >= 15 is 0 Å². The number of carboxylic acids is 2. The van der Waals surface area contributed by atoms with Crippen LogP contribution < -0.4 is 11.1 Å². The summed E-state index contributed by atoms with van der Waals surface area (Å²) in [6.45, 7) is 5.42. The maximum atomic E-state index is 12.7. The first-order chi connectivity index (χ1) is 20.0. The predicted molar refractivity (Wildman–Crippen MR) is 136 cm³/mol. The minimum absolute atomic E-state index is 0.177. The highest BCUT2D eigenvalue weighted by atomic mass is 19.4. The summed E-state index contributed by atoms with van der Waals surface area (Å²) in [6, 6.07) is 13.9. The summed E-state index contributed by atoms with van der Waals surface area (Å²) in [7, 11) is 0. The summed E-state index contributed by atoms with van der Waals surface area (Å²) in [5.74, 6) is -4.28. The zero-order valence-corrected chi connectivity index (χ0v) is 22.3. The molecule has 2 aliphatic rings. The van der Waals surface area contributed by atoms with E-state index in [4.69, 9.17) is 19.8 Å². The Morgan fingerprint density at radius 1 is 0.860 bits per heavy atom. The van der Waals surface area contributed by atoms with Crippen molar-refractivity contribution in [2.24, 2.45) is 5.92 Å². The fourth-order valence-corrected chi connectivity index (χ4v) is 4.50. The monoisotopic (exact) mass is 617 g/mol. The van der Waals surface area contributed by atoms with Crippen LogP contribution >= 0.6 is 0 Å². The van der Waals surface area contributed by atoms with Crippen molar-refractivity contribution in [1.29, 1.82) is 0 Å². The zero-order valence-electron chi connectivity index (χ0n) is 22.3. The van der Waals surface area contributed by atoms with Gasteiger partial charge in [0.05, 0.1) is 12.2 Å². The summed E-state index contributed by atoms with van der Waals surface area (Å²) in [5.41, 5.74) is 2.17. The summed E-state index contributed by atoms with van der Waals surface area (Å²) in [6.07, 6.45) is -8.35. The molecule has 0 spiro atoms. The Morgan fingerprint density at radius 3 is 1.95 bits per heavy atom. The Morgan fingerprint density at radius 2 is 1.44 bits per heavy atom. The summed E-state index contributed by atoms with van der Waals surface area (Å²) >= 11 is 0. The molecule has 11 nitrogen and oxygen atoms in total. The van der Waals surface area contributed by atoms with E-state index in [2.05, 4.69) is 15.0 Å². The maximum absolute atomic E-state index is 12.7. The lowest BCUT2D eigenvalue weighted by atomic mass is 10.00. The maximum Gasteiger partial charge on any atom is 0.490 e. The van der Waals surface area contributed by atoms with Gasteiger partial charge in [-0.15, -0.1) is 0 Å². The fraction of sp³-hybridized carbons (Fsp3) is 0.385. The van der Waals surface area contributed by atoms with Crippen LogP contribution in [0.3, 0.4) is 0 Å². The number of fused-ring (bicyclic) bond motifs is 3. The zero-order chi connectivity index (χ0) is 32.1. The standard InChI is InChI=1S/C22H23N5O2.2C2HF3O2/c1-15-5-7-16(8-6-15)10-27-22(29)21(28)26-12-17-11-25(14-19(17)20(26)24-27)13-18-4-2-3-9-23-18;2*3-2(4,5)1(6)7/h2-9,17,19H,10-14H2,1H3;2*(H,6,7). The Bertz CT molecular complexity index is 1530. The number of aliphatic carboxylic acids is 2. The van der Waals surface area contributed by atoms with E-state index in [1.807, 2.05) is 55.6 Å². The number of carboxylic acid groups (broad SMARTS) is 2. The van der Waals surface area contributed by atoms with Gasteiger partial charge in [-0.3, -0.25) is 24.0 Å². The van der Waals surface area contributed by atoms with Crippen LogP contribution in [0.1, 0.15) is 28.6 Å². The largest absolute Gasteiger partial charge is 0.490 e. The number of rotatable bonds is 4. The molecule has 3 aromatic rings. The third kappa shape index (κ3) is 8.73. The van der Waals surface area contributed by atoms with Gasteiger partial charge in [-0.2, -0.15) is 31.4 Å². The molecule has 0 aliphatic carbocycles. The van der Waals surface area contributed by atoms with Crippen LogP contribution in [0.15, 0.2) is 58.3 Å². The smallest absolute Gasteiger partial charge is 0.475 e. The van der Waals surface area contributed by atoms with Crippen LogP contribution in [-0.4, -0.2) is 71.8 Å². The number of pyridine rings is 1. The van der Waals surface area contributed by atoms with Gasteiger partial charge in [0.25, 0.3) is 0 Å². The molecule has 2 N–H and O–H groups in total. The number of hydrogen-bond donors (Lipinski definition) is 2. The molecule has 1 aromatic carbocycles. The molecule has 2 aliphatic heterocycles. The van der Waals surface area contributed by atoms with E-state index in [1.54, 1.807) is 4.57 Å². The first kappa shape index (κ1) is 33.0. The molecule has 0 radical (unpaired) electrons. The van der Waals surface area contributed by atoms with Crippen molar-refractivity contribution in [1.82, 2.24) is 24.2 Å². The van der Waals surface area contributed by atoms with E-state index in [1.165, 1.54) is 4.68 Å². The highest BCUT2D eigenvalue weighted by Crippen LogP contribution is 2.37. The van der Waals surface area contributed by atoms with Gasteiger partial charge >= 0.3 is 35.4 Å². The van der Waals surface area contributed by atoms with Gasteiger partial charge in [-0.05, 0) is 24.6 Å².